The highest BCUT2D eigenvalue weighted by molar-refractivity contribution is 5.71. The van der Waals surface area contributed by atoms with Crippen molar-refractivity contribution in [3.8, 4) is 0 Å². The highest BCUT2D eigenvalue weighted by Gasteiger charge is 2.32. The fourth-order valence-corrected chi connectivity index (χ4v) is 2.97. The van der Waals surface area contributed by atoms with Crippen LogP contribution in [-0.2, 0) is 17.8 Å². The molecule has 1 aliphatic heterocycles. The summed E-state index contributed by atoms with van der Waals surface area (Å²) in [5.74, 6) is -0.862. The fourth-order valence-electron chi connectivity index (χ4n) is 2.97. The molecule has 0 bridgehead atoms. The van der Waals surface area contributed by atoms with Gasteiger partial charge in [-0.25, -0.2) is 0 Å². The zero-order valence-corrected chi connectivity index (χ0v) is 11.4. The van der Waals surface area contributed by atoms with E-state index in [1.54, 1.807) is 0 Å². The number of aliphatic hydroxyl groups is 1. The average Bonchev–Trinajstić information content (AvgIpc) is 2.41. The smallest absolute Gasteiger partial charge is 0.309 e. The van der Waals surface area contributed by atoms with Gasteiger partial charge in [-0.15, -0.1) is 0 Å². The van der Waals surface area contributed by atoms with E-state index in [0.29, 0.717) is 13.1 Å². The number of benzene rings is 1. The first-order valence-electron chi connectivity index (χ1n) is 7.03. The molecule has 0 saturated carbocycles. The van der Waals surface area contributed by atoms with Crippen molar-refractivity contribution >= 4 is 12.0 Å². The lowest BCUT2D eigenvalue weighted by molar-refractivity contribution is -0.147. The lowest BCUT2D eigenvalue weighted by Crippen LogP contribution is -2.50. The molecule has 20 heavy (non-hydrogen) atoms. The molecule has 0 radical (unpaired) electrons. The Morgan fingerprint density at radius 3 is 2.80 bits per heavy atom. The number of likely N-dealkylation sites (tertiary alicyclic amines) is 1. The van der Waals surface area contributed by atoms with Crippen LogP contribution < -0.4 is 0 Å². The maximum Gasteiger partial charge on any atom is 0.309 e. The summed E-state index contributed by atoms with van der Waals surface area (Å²) in [6.45, 7) is 2.31. The summed E-state index contributed by atoms with van der Waals surface area (Å²) in [7, 11) is 0. The molecule has 1 fully saturated rings. The van der Waals surface area contributed by atoms with Crippen LogP contribution in [0.3, 0.4) is 0 Å². The largest absolute Gasteiger partial charge is 0.481 e. The Balaban J connectivity index is 1.64. The van der Waals surface area contributed by atoms with E-state index in [0.717, 1.165) is 24.9 Å². The normalized spacial score (nSPS) is 19.1. The van der Waals surface area contributed by atoms with Crippen molar-refractivity contribution in [2.45, 2.75) is 19.4 Å². The van der Waals surface area contributed by atoms with Crippen LogP contribution >= 0.6 is 0 Å². The number of nitrogens with zero attached hydrogens (tertiary/aromatic N) is 1. The Hall–Kier alpha value is -1.65. The minimum atomic E-state index is -0.680. The second-order valence-corrected chi connectivity index (χ2v) is 5.72. The van der Waals surface area contributed by atoms with Gasteiger partial charge in [-0.3, -0.25) is 9.69 Å². The van der Waals surface area contributed by atoms with Gasteiger partial charge in [-0.05, 0) is 29.5 Å². The van der Waals surface area contributed by atoms with Gasteiger partial charge < -0.3 is 10.2 Å². The van der Waals surface area contributed by atoms with Crippen LogP contribution in [0.5, 0.6) is 0 Å². The molecule has 0 aromatic heterocycles. The lowest BCUT2D eigenvalue weighted by Gasteiger charge is -2.37. The molecule has 0 amide bonds. The molecular formula is C16H19NO3. The summed E-state index contributed by atoms with van der Waals surface area (Å²) in [6, 6.07) is 6.10. The predicted molar refractivity (Wildman–Crippen MR) is 76.2 cm³/mol. The summed E-state index contributed by atoms with van der Waals surface area (Å²) >= 11 is 0. The van der Waals surface area contributed by atoms with Crippen molar-refractivity contribution in [2.24, 2.45) is 5.92 Å². The molecule has 0 spiro atoms. The molecule has 0 atom stereocenters. The van der Waals surface area contributed by atoms with Gasteiger partial charge in [0.25, 0.3) is 0 Å². The zero-order chi connectivity index (χ0) is 14.1. The molecule has 4 heteroatoms. The first-order chi connectivity index (χ1) is 9.65. The van der Waals surface area contributed by atoms with E-state index in [2.05, 4.69) is 23.1 Å². The van der Waals surface area contributed by atoms with E-state index in [9.17, 15) is 4.79 Å². The third kappa shape index (κ3) is 2.62. The second-order valence-electron chi connectivity index (χ2n) is 5.72. The van der Waals surface area contributed by atoms with Crippen molar-refractivity contribution < 1.29 is 15.0 Å². The van der Waals surface area contributed by atoms with E-state index in [1.165, 1.54) is 16.7 Å². The van der Waals surface area contributed by atoms with Gasteiger partial charge in [0.15, 0.2) is 0 Å². The molecule has 4 nitrogen and oxygen atoms in total. The van der Waals surface area contributed by atoms with Crippen molar-refractivity contribution in [1.29, 1.82) is 0 Å². The summed E-state index contributed by atoms with van der Waals surface area (Å²) in [4.78, 5) is 13.0. The van der Waals surface area contributed by atoms with Gasteiger partial charge in [-0.1, -0.05) is 29.8 Å². The van der Waals surface area contributed by atoms with E-state index in [-0.39, 0.29) is 12.5 Å². The molecule has 1 heterocycles. The highest BCUT2D eigenvalue weighted by atomic mass is 16.4. The van der Waals surface area contributed by atoms with Crippen LogP contribution in [0.4, 0.5) is 0 Å². The number of aryl methyl sites for hydroxylation is 1. The molecule has 1 aromatic rings. The molecule has 3 rings (SSSR count). The Kier molecular flexibility index (Phi) is 3.59. The van der Waals surface area contributed by atoms with E-state index < -0.39 is 5.97 Å². The van der Waals surface area contributed by atoms with Gasteiger partial charge in [0, 0.05) is 19.6 Å². The third-order valence-electron chi connectivity index (χ3n) is 4.20. The second kappa shape index (κ2) is 5.38. The molecule has 2 N–H and O–H groups in total. The Morgan fingerprint density at radius 2 is 2.10 bits per heavy atom. The summed E-state index contributed by atoms with van der Waals surface area (Å²) < 4.78 is 0. The van der Waals surface area contributed by atoms with Crippen LogP contribution in [0.1, 0.15) is 23.1 Å². The topological polar surface area (TPSA) is 60.8 Å². The van der Waals surface area contributed by atoms with Crippen LogP contribution in [0.25, 0.3) is 6.08 Å². The highest BCUT2D eigenvalue weighted by Crippen LogP contribution is 2.27. The van der Waals surface area contributed by atoms with Gasteiger partial charge in [0.1, 0.15) is 0 Å². The van der Waals surface area contributed by atoms with Crippen LogP contribution in [0, 0.1) is 5.92 Å². The van der Waals surface area contributed by atoms with Crippen molar-refractivity contribution in [3.05, 3.63) is 40.5 Å². The molecule has 2 aliphatic rings. The van der Waals surface area contributed by atoms with Gasteiger partial charge in [0.05, 0.1) is 12.5 Å². The number of carboxylic acids is 1. The quantitative estimate of drug-likeness (QED) is 0.873. The number of fused-ring (bicyclic) bond motifs is 1. The standard InChI is InChI=1S/C16H19NO3/c18-10-12-2-4-13-5-11(1-3-14(13)6-12)7-17-8-15(9-17)16(19)20/h2,4-6,15,18H,1,3,7-10H2,(H,19,20). The van der Waals surface area contributed by atoms with Crippen molar-refractivity contribution in [1.82, 2.24) is 4.90 Å². The van der Waals surface area contributed by atoms with Crippen LogP contribution in [0.15, 0.2) is 23.8 Å². The van der Waals surface area contributed by atoms with Crippen LogP contribution in [0.2, 0.25) is 0 Å². The number of hydrogen-bond donors (Lipinski definition) is 2. The summed E-state index contributed by atoms with van der Waals surface area (Å²) in [5, 5.41) is 18.0. The molecule has 0 unspecified atom stereocenters. The SMILES string of the molecule is O=C(O)C1CN(CC2=Cc3ccc(CO)cc3CC2)C1. The number of rotatable bonds is 4. The minimum absolute atomic E-state index is 0.0915. The Morgan fingerprint density at radius 1 is 1.30 bits per heavy atom. The lowest BCUT2D eigenvalue weighted by atomic mass is 9.89. The molecule has 1 aliphatic carbocycles. The van der Waals surface area contributed by atoms with Gasteiger partial charge in [0.2, 0.25) is 0 Å². The van der Waals surface area contributed by atoms with Gasteiger partial charge in [-0.2, -0.15) is 0 Å². The number of aliphatic hydroxyl groups excluding tert-OH is 1. The summed E-state index contributed by atoms with van der Waals surface area (Å²) in [5.41, 5.74) is 4.87. The molecule has 106 valence electrons. The molecule has 1 saturated heterocycles. The number of carbonyl (C=O) groups is 1. The fraction of sp³-hybridized carbons (Fsp3) is 0.438. The number of carboxylic acid groups (broad SMARTS) is 1. The first kappa shape index (κ1) is 13.3. The Labute approximate surface area is 118 Å². The maximum absolute atomic E-state index is 10.8. The summed E-state index contributed by atoms with van der Waals surface area (Å²) in [6.07, 6.45) is 4.25. The number of hydrogen-bond acceptors (Lipinski definition) is 3. The van der Waals surface area contributed by atoms with Crippen molar-refractivity contribution in [2.75, 3.05) is 19.6 Å². The first-order valence-corrected chi connectivity index (χ1v) is 7.03. The third-order valence-corrected chi connectivity index (χ3v) is 4.20. The van der Waals surface area contributed by atoms with Gasteiger partial charge >= 0.3 is 5.97 Å². The van der Waals surface area contributed by atoms with E-state index >= 15 is 0 Å². The Bertz CT molecular complexity index is 559. The number of aliphatic carboxylic acids is 1. The van der Waals surface area contributed by atoms with Crippen molar-refractivity contribution in [3.63, 3.8) is 0 Å². The monoisotopic (exact) mass is 273 g/mol. The van der Waals surface area contributed by atoms with E-state index in [4.69, 9.17) is 10.2 Å². The predicted octanol–water partition coefficient (Wildman–Crippen LogP) is 1.52. The minimum Gasteiger partial charge on any atom is -0.481 e. The average molecular weight is 273 g/mol. The molecular weight excluding hydrogens is 254 g/mol. The zero-order valence-electron chi connectivity index (χ0n) is 11.4. The van der Waals surface area contributed by atoms with Crippen LogP contribution in [-0.4, -0.2) is 40.7 Å². The van der Waals surface area contributed by atoms with E-state index in [1.807, 2.05) is 6.07 Å². The molecule has 1 aromatic carbocycles. The maximum atomic E-state index is 10.8.